The van der Waals surface area contributed by atoms with Crippen LogP contribution in [0.2, 0.25) is 0 Å². The lowest BCUT2D eigenvalue weighted by Crippen LogP contribution is -2.32. The number of halogens is 2. The molecular weight excluding hydrogens is 379 g/mol. The van der Waals surface area contributed by atoms with Crippen molar-refractivity contribution in [2.24, 2.45) is 0 Å². The van der Waals surface area contributed by atoms with Gasteiger partial charge in [-0.15, -0.1) is 11.6 Å². The number of rotatable bonds is 7. The molecule has 0 bridgehead atoms. The smallest absolute Gasteiger partial charge is 0.234 e. The minimum Gasteiger partial charge on any atom is -0.378 e. The zero-order valence-electron chi connectivity index (χ0n) is 14.4. The number of anilines is 1. The molecule has 0 fully saturated rings. The Morgan fingerprint density at radius 2 is 1.69 bits per heavy atom. The van der Waals surface area contributed by atoms with Crippen LogP contribution in [-0.2, 0) is 14.6 Å². The molecular formula is C18H20ClFN2O3S. The molecule has 1 N–H and O–H groups in total. The summed E-state index contributed by atoms with van der Waals surface area (Å²) in [6.07, 6.45) is 0. The largest absolute Gasteiger partial charge is 0.378 e. The highest BCUT2D eigenvalue weighted by Crippen LogP contribution is 2.30. The van der Waals surface area contributed by atoms with Crippen LogP contribution in [0.4, 0.5) is 10.1 Å². The van der Waals surface area contributed by atoms with Crippen molar-refractivity contribution in [1.82, 2.24) is 5.32 Å². The van der Waals surface area contributed by atoms with Crippen molar-refractivity contribution in [2.45, 2.75) is 10.1 Å². The van der Waals surface area contributed by atoms with Crippen molar-refractivity contribution in [3.8, 4) is 0 Å². The summed E-state index contributed by atoms with van der Waals surface area (Å²) in [7, 11) is -0.0911. The first-order chi connectivity index (χ1) is 12.3. The second-order valence-electron chi connectivity index (χ2n) is 5.91. The van der Waals surface area contributed by atoms with Gasteiger partial charge in [-0.3, -0.25) is 4.79 Å². The lowest BCUT2D eigenvalue weighted by molar-refractivity contribution is -0.118. The van der Waals surface area contributed by atoms with E-state index in [0.29, 0.717) is 5.56 Å². The Hall–Kier alpha value is -2.12. The van der Waals surface area contributed by atoms with E-state index in [0.717, 1.165) is 17.8 Å². The molecule has 1 amide bonds. The number of sulfone groups is 1. The van der Waals surface area contributed by atoms with E-state index in [1.165, 1.54) is 12.1 Å². The van der Waals surface area contributed by atoms with E-state index < -0.39 is 26.8 Å². The van der Waals surface area contributed by atoms with Gasteiger partial charge in [-0.05, 0) is 42.0 Å². The average Bonchev–Trinajstić information content (AvgIpc) is 2.62. The maximum absolute atomic E-state index is 13.1. The van der Waals surface area contributed by atoms with Crippen LogP contribution in [-0.4, -0.2) is 40.8 Å². The van der Waals surface area contributed by atoms with E-state index in [2.05, 4.69) is 5.32 Å². The third-order valence-electron chi connectivity index (χ3n) is 3.90. The van der Waals surface area contributed by atoms with Crippen LogP contribution in [0.1, 0.15) is 10.8 Å². The van der Waals surface area contributed by atoms with Crippen molar-refractivity contribution in [2.75, 3.05) is 31.4 Å². The third-order valence-corrected chi connectivity index (χ3v) is 6.26. The van der Waals surface area contributed by atoms with Crippen LogP contribution >= 0.6 is 11.6 Å². The monoisotopic (exact) mass is 398 g/mol. The fraction of sp³-hybridized carbons (Fsp3) is 0.278. The van der Waals surface area contributed by atoms with Crippen LogP contribution in [0, 0.1) is 5.82 Å². The number of carbonyl (C=O) groups is 1. The lowest BCUT2D eigenvalue weighted by atomic mass is 10.1. The average molecular weight is 399 g/mol. The lowest BCUT2D eigenvalue weighted by Gasteiger charge is -2.20. The van der Waals surface area contributed by atoms with E-state index in [4.69, 9.17) is 11.6 Å². The Kier molecular flexibility index (Phi) is 6.61. The Bertz CT molecular complexity index is 853. The molecule has 140 valence electrons. The van der Waals surface area contributed by atoms with Gasteiger partial charge in [0.05, 0.1) is 4.90 Å². The van der Waals surface area contributed by atoms with Gasteiger partial charge in [0.2, 0.25) is 5.91 Å². The van der Waals surface area contributed by atoms with Gasteiger partial charge in [-0.1, -0.05) is 12.1 Å². The maximum Gasteiger partial charge on any atom is 0.234 e. The Labute approximate surface area is 157 Å². The van der Waals surface area contributed by atoms with Gasteiger partial charge in [-0.2, -0.15) is 0 Å². The first-order valence-corrected chi connectivity index (χ1v) is 9.93. The summed E-state index contributed by atoms with van der Waals surface area (Å²) in [5, 5.41) is 1.50. The molecule has 0 aliphatic heterocycles. The van der Waals surface area contributed by atoms with E-state index >= 15 is 0 Å². The van der Waals surface area contributed by atoms with Gasteiger partial charge in [0, 0.05) is 26.3 Å². The van der Waals surface area contributed by atoms with Crippen molar-refractivity contribution in [3.05, 3.63) is 59.9 Å². The first-order valence-electron chi connectivity index (χ1n) is 7.85. The first kappa shape index (κ1) is 20.2. The summed E-state index contributed by atoms with van der Waals surface area (Å²) in [5.41, 5.74) is 1.44. The summed E-state index contributed by atoms with van der Waals surface area (Å²) in [6.45, 7) is -0.132. The molecule has 26 heavy (non-hydrogen) atoms. The highest BCUT2D eigenvalue weighted by atomic mass is 35.5. The van der Waals surface area contributed by atoms with Crippen LogP contribution in [0.15, 0.2) is 53.4 Å². The molecule has 0 unspecified atom stereocenters. The SMILES string of the molecule is CN(C)c1ccc([C@@H](CNC(=O)CCl)S(=O)(=O)c2ccc(F)cc2)cc1. The van der Waals surface area contributed by atoms with Crippen LogP contribution in [0.3, 0.4) is 0 Å². The zero-order chi connectivity index (χ0) is 19.3. The van der Waals surface area contributed by atoms with Crippen LogP contribution in [0.5, 0.6) is 0 Å². The molecule has 1 atom stereocenters. The minimum absolute atomic E-state index is 0.0132. The zero-order valence-corrected chi connectivity index (χ0v) is 16.0. The molecule has 2 rings (SSSR count). The minimum atomic E-state index is -3.85. The van der Waals surface area contributed by atoms with Crippen molar-refractivity contribution >= 4 is 33.0 Å². The second-order valence-corrected chi connectivity index (χ2v) is 8.31. The van der Waals surface area contributed by atoms with E-state index in [1.54, 1.807) is 24.3 Å². The molecule has 0 aliphatic rings. The number of benzene rings is 2. The topological polar surface area (TPSA) is 66.5 Å². The van der Waals surface area contributed by atoms with Gasteiger partial charge in [0.25, 0.3) is 0 Å². The number of alkyl halides is 1. The van der Waals surface area contributed by atoms with Crippen molar-refractivity contribution in [1.29, 1.82) is 0 Å². The van der Waals surface area contributed by atoms with E-state index in [-0.39, 0.29) is 17.3 Å². The predicted molar refractivity (Wildman–Crippen MR) is 101 cm³/mol. The van der Waals surface area contributed by atoms with E-state index in [1.807, 2.05) is 19.0 Å². The molecule has 0 aromatic heterocycles. The number of hydrogen-bond donors (Lipinski definition) is 1. The highest BCUT2D eigenvalue weighted by molar-refractivity contribution is 7.91. The van der Waals surface area contributed by atoms with E-state index in [9.17, 15) is 17.6 Å². The number of nitrogens with zero attached hydrogens (tertiary/aromatic N) is 1. The fourth-order valence-corrected chi connectivity index (χ4v) is 4.19. The molecule has 0 aliphatic carbocycles. The molecule has 2 aromatic rings. The molecule has 5 nitrogen and oxygen atoms in total. The normalized spacial score (nSPS) is 12.5. The van der Waals surface area contributed by atoms with Crippen molar-refractivity contribution in [3.63, 3.8) is 0 Å². The predicted octanol–water partition coefficient (Wildman–Crippen LogP) is 2.76. The number of hydrogen-bond acceptors (Lipinski definition) is 4. The maximum atomic E-state index is 13.1. The summed E-state index contributed by atoms with van der Waals surface area (Å²) in [6, 6.07) is 11.6. The Balaban J connectivity index is 2.42. The van der Waals surface area contributed by atoms with Crippen LogP contribution < -0.4 is 10.2 Å². The van der Waals surface area contributed by atoms with Gasteiger partial charge in [0.15, 0.2) is 9.84 Å². The summed E-state index contributed by atoms with van der Waals surface area (Å²) in [5.74, 6) is -1.25. The van der Waals surface area contributed by atoms with Gasteiger partial charge in [-0.25, -0.2) is 12.8 Å². The Morgan fingerprint density at radius 1 is 1.12 bits per heavy atom. The molecule has 0 saturated heterocycles. The number of nitrogens with one attached hydrogen (secondary N) is 1. The standard InChI is InChI=1S/C18H20ClFN2O3S/c1-22(2)15-7-3-13(4-8-15)17(12-21-18(23)11-19)26(24,25)16-9-5-14(20)6-10-16/h3-10,17H,11-12H2,1-2H3,(H,21,23)/t17-/m1/s1. The quantitative estimate of drug-likeness (QED) is 0.575. The number of amides is 1. The second kappa shape index (κ2) is 8.51. The molecule has 0 radical (unpaired) electrons. The summed E-state index contributed by atoms with van der Waals surface area (Å²) < 4.78 is 39.2. The molecule has 8 heteroatoms. The fourth-order valence-electron chi connectivity index (χ4n) is 2.44. The van der Waals surface area contributed by atoms with Gasteiger partial charge < -0.3 is 10.2 Å². The Morgan fingerprint density at radius 3 is 2.19 bits per heavy atom. The highest BCUT2D eigenvalue weighted by Gasteiger charge is 2.29. The van der Waals surface area contributed by atoms with Gasteiger partial charge in [0.1, 0.15) is 16.9 Å². The summed E-state index contributed by atoms with van der Waals surface area (Å²) >= 11 is 5.48. The van der Waals surface area contributed by atoms with Crippen LogP contribution in [0.25, 0.3) is 0 Å². The molecule has 0 heterocycles. The van der Waals surface area contributed by atoms with Crippen molar-refractivity contribution < 1.29 is 17.6 Å². The number of carbonyl (C=O) groups excluding carboxylic acids is 1. The van der Waals surface area contributed by atoms with Gasteiger partial charge >= 0.3 is 0 Å². The summed E-state index contributed by atoms with van der Waals surface area (Å²) in [4.78, 5) is 13.4. The molecule has 0 saturated carbocycles. The molecule has 0 spiro atoms. The third kappa shape index (κ3) is 4.74. The molecule has 2 aromatic carbocycles.